The Morgan fingerprint density at radius 2 is 2.32 bits per heavy atom. The third kappa shape index (κ3) is 3.89. The van der Waals surface area contributed by atoms with Gasteiger partial charge in [-0.05, 0) is 6.07 Å². The van der Waals surface area contributed by atoms with Crippen molar-refractivity contribution in [2.75, 3.05) is 26.7 Å². The van der Waals surface area contributed by atoms with Crippen LogP contribution in [-0.2, 0) is 18.3 Å². The van der Waals surface area contributed by atoms with Crippen LogP contribution in [-0.4, -0.2) is 61.9 Å². The van der Waals surface area contributed by atoms with E-state index < -0.39 is 0 Å². The highest BCUT2D eigenvalue weighted by Crippen LogP contribution is 2.21. The highest BCUT2D eigenvalue weighted by molar-refractivity contribution is 5.80. The van der Waals surface area contributed by atoms with Gasteiger partial charge in [-0.15, -0.1) is 0 Å². The maximum atomic E-state index is 5.94. The molecule has 1 aliphatic rings. The van der Waals surface area contributed by atoms with Gasteiger partial charge in [0.15, 0.2) is 5.96 Å². The number of hydrogen-bond acceptors (Lipinski definition) is 5. The fourth-order valence-corrected chi connectivity index (χ4v) is 3.34. The number of aliphatic imine (C=N–C) groups is 1. The van der Waals surface area contributed by atoms with Crippen molar-refractivity contribution < 1.29 is 4.74 Å². The molecule has 4 heterocycles. The van der Waals surface area contributed by atoms with Gasteiger partial charge in [0.05, 0.1) is 19.3 Å². The number of ether oxygens (including phenoxy) is 1. The maximum absolute atomic E-state index is 5.94. The number of nitrogens with one attached hydrogen (secondary N) is 1. The summed E-state index contributed by atoms with van der Waals surface area (Å²) in [6.45, 7) is 2.78. The van der Waals surface area contributed by atoms with E-state index in [4.69, 9.17) is 4.74 Å². The molecule has 9 heteroatoms. The third-order valence-electron chi connectivity index (χ3n) is 4.73. The molecule has 0 bridgehead atoms. The minimum Gasteiger partial charge on any atom is -0.370 e. The van der Waals surface area contributed by atoms with Crippen LogP contribution in [0.5, 0.6) is 0 Å². The van der Waals surface area contributed by atoms with Crippen molar-refractivity contribution in [1.29, 1.82) is 0 Å². The van der Waals surface area contributed by atoms with Crippen LogP contribution < -0.4 is 5.32 Å². The Labute approximate surface area is 163 Å². The van der Waals surface area contributed by atoms with Crippen LogP contribution in [0.2, 0.25) is 0 Å². The summed E-state index contributed by atoms with van der Waals surface area (Å²) >= 11 is 0. The summed E-state index contributed by atoms with van der Waals surface area (Å²) < 4.78 is 9.64. The van der Waals surface area contributed by atoms with Gasteiger partial charge < -0.3 is 15.0 Å². The highest BCUT2D eigenvalue weighted by Gasteiger charge is 2.25. The molecule has 0 aromatic carbocycles. The van der Waals surface area contributed by atoms with Crippen LogP contribution in [0.15, 0.2) is 54.4 Å². The predicted octanol–water partition coefficient (Wildman–Crippen LogP) is 1.15. The number of nitrogens with zero attached hydrogens (tertiary/aromatic N) is 7. The second-order valence-electron chi connectivity index (χ2n) is 6.61. The van der Waals surface area contributed by atoms with E-state index in [9.17, 15) is 0 Å². The molecule has 28 heavy (non-hydrogen) atoms. The summed E-state index contributed by atoms with van der Waals surface area (Å²) in [6, 6.07) is 3.99. The second kappa shape index (κ2) is 8.22. The zero-order valence-corrected chi connectivity index (χ0v) is 16.1. The smallest absolute Gasteiger partial charge is 0.194 e. The lowest BCUT2D eigenvalue weighted by molar-refractivity contribution is -0.00805. The van der Waals surface area contributed by atoms with Gasteiger partial charge in [0.1, 0.15) is 18.2 Å². The van der Waals surface area contributed by atoms with Crippen LogP contribution in [0, 0.1) is 0 Å². The van der Waals surface area contributed by atoms with E-state index in [0.29, 0.717) is 13.2 Å². The predicted molar refractivity (Wildman–Crippen MR) is 105 cm³/mol. The van der Waals surface area contributed by atoms with E-state index in [2.05, 4.69) is 36.3 Å². The summed E-state index contributed by atoms with van der Waals surface area (Å²) in [4.78, 5) is 15.3. The van der Waals surface area contributed by atoms with E-state index in [1.807, 2.05) is 36.3 Å². The van der Waals surface area contributed by atoms with Crippen LogP contribution in [0.1, 0.15) is 17.2 Å². The first-order chi connectivity index (χ1) is 13.7. The molecular weight excluding hydrogens is 356 g/mol. The van der Waals surface area contributed by atoms with Crippen LogP contribution in [0.3, 0.4) is 0 Å². The first-order valence-corrected chi connectivity index (χ1v) is 9.22. The van der Waals surface area contributed by atoms with E-state index in [1.165, 1.54) is 0 Å². The number of aromatic nitrogens is 5. The summed E-state index contributed by atoms with van der Waals surface area (Å²) in [5.41, 5.74) is 2.15. The summed E-state index contributed by atoms with van der Waals surface area (Å²) in [6.07, 6.45) is 11.0. The van der Waals surface area contributed by atoms with Crippen LogP contribution >= 0.6 is 0 Å². The fraction of sp³-hybridized carbons (Fsp3) is 0.368. The number of guanidine groups is 1. The normalized spacial score (nSPS) is 17.7. The molecule has 9 nitrogen and oxygen atoms in total. The standard InChI is InChI=1S/C19H24N8O/c1-20-19(26-8-9-28-17(13-26)16-11-24-25(2)12-16)23-10-15-4-3-5-22-18(15)27-7-6-21-14-27/h3-7,11-12,14,17H,8-10,13H2,1-2H3,(H,20,23). The van der Waals surface area contributed by atoms with Crippen LogP contribution in [0.4, 0.5) is 0 Å². The number of hydrogen-bond donors (Lipinski definition) is 1. The molecule has 0 aliphatic carbocycles. The van der Waals surface area contributed by atoms with E-state index >= 15 is 0 Å². The molecule has 0 spiro atoms. The van der Waals surface area contributed by atoms with E-state index in [1.54, 1.807) is 30.5 Å². The molecule has 4 rings (SSSR count). The first kappa shape index (κ1) is 18.2. The van der Waals surface area contributed by atoms with Crippen molar-refractivity contribution in [3.05, 3.63) is 60.6 Å². The fourth-order valence-electron chi connectivity index (χ4n) is 3.34. The molecule has 1 unspecified atom stereocenters. The Morgan fingerprint density at radius 3 is 3.07 bits per heavy atom. The Balaban J connectivity index is 1.44. The molecular formula is C19H24N8O. The number of aryl methyl sites for hydroxylation is 1. The van der Waals surface area contributed by atoms with Gasteiger partial charge >= 0.3 is 0 Å². The summed E-state index contributed by atoms with van der Waals surface area (Å²) in [7, 11) is 3.72. The first-order valence-electron chi connectivity index (χ1n) is 9.22. The van der Waals surface area contributed by atoms with Crippen molar-refractivity contribution in [3.8, 4) is 5.82 Å². The summed E-state index contributed by atoms with van der Waals surface area (Å²) in [5, 5.41) is 7.71. The average Bonchev–Trinajstić information content (AvgIpc) is 3.41. The van der Waals surface area contributed by atoms with Gasteiger partial charge in [0, 0.05) is 63.1 Å². The molecule has 1 aliphatic heterocycles. The largest absolute Gasteiger partial charge is 0.370 e. The number of pyridine rings is 1. The second-order valence-corrected chi connectivity index (χ2v) is 6.61. The van der Waals surface area contributed by atoms with Gasteiger partial charge in [0.2, 0.25) is 0 Å². The van der Waals surface area contributed by atoms with Gasteiger partial charge in [-0.1, -0.05) is 6.07 Å². The van der Waals surface area contributed by atoms with E-state index in [0.717, 1.165) is 36.0 Å². The van der Waals surface area contributed by atoms with Crippen molar-refractivity contribution in [2.24, 2.45) is 12.0 Å². The molecule has 0 radical (unpaired) electrons. The quantitative estimate of drug-likeness (QED) is 0.540. The van der Waals surface area contributed by atoms with Gasteiger partial charge in [-0.2, -0.15) is 5.10 Å². The SMILES string of the molecule is CN=C(NCc1cccnc1-n1ccnc1)N1CCOC(c2cnn(C)c2)C1. The Kier molecular flexibility index (Phi) is 5.34. The lowest BCUT2D eigenvalue weighted by atomic mass is 10.1. The molecule has 146 valence electrons. The van der Waals surface area contributed by atoms with Gasteiger partial charge in [0.25, 0.3) is 0 Å². The Hall–Kier alpha value is -3.20. The van der Waals surface area contributed by atoms with Crippen molar-refractivity contribution in [3.63, 3.8) is 0 Å². The zero-order valence-electron chi connectivity index (χ0n) is 16.1. The molecule has 1 saturated heterocycles. The average molecular weight is 380 g/mol. The number of imidazole rings is 1. The molecule has 1 fully saturated rings. The van der Waals surface area contributed by atoms with Crippen molar-refractivity contribution in [1.82, 2.24) is 34.5 Å². The molecule has 0 amide bonds. The minimum absolute atomic E-state index is 0.0131. The molecule has 3 aromatic heterocycles. The summed E-state index contributed by atoms with van der Waals surface area (Å²) in [5.74, 6) is 1.70. The van der Waals surface area contributed by atoms with Crippen molar-refractivity contribution >= 4 is 5.96 Å². The van der Waals surface area contributed by atoms with Gasteiger partial charge in [-0.3, -0.25) is 14.2 Å². The molecule has 0 saturated carbocycles. The molecule has 3 aromatic rings. The Morgan fingerprint density at radius 1 is 1.39 bits per heavy atom. The lowest BCUT2D eigenvalue weighted by Crippen LogP contribution is -2.48. The van der Waals surface area contributed by atoms with Crippen molar-refractivity contribution in [2.45, 2.75) is 12.6 Å². The zero-order chi connectivity index (χ0) is 19.3. The van der Waals surface area contributed by atoms with Gasteiger partial charge in [-0.25, -0.2) is 9.97 Å². The monoisotopic (exact) mass is 380 g/mol. The maximum Gasteiger partial charge on any atom is 0.194 e. The van der Waals surface area contributed by atoms with Crippen LogP contribution in [0.25, 0.3) is 5.82 Å². The Bertz CT molecular complexity index is 933. The minimum atomic E-state index is -0.0131. The number of rotatable bonds is 4. The number of morpholine rings is 1. The highest BCUT2D eigenvalue weighted by atomic mass is 16.5. The van der Waals surface area contributed by atoms with E-state index in [-0.39, 0.29) is 6.10 Å². The molecule has 1 N–H and O–H groups in total. The molecule has 1 atom stereocenters. The lowest BCUT2D eigenvalue weighted by Gasteiger charge is -2.34. The topological polar surface area (TPSA) is 85.4 Å². The third-order valence-corrected chi connectivity index (χ3v) is 4.73.